The van der Waals surface area contributed by atoms with Crippen molar-refractivity contribution in [1.82, 2.24) is 0 Å². The van der Waals surface area contributed by atoms with Crippen molar-refractivity contribution >= 4 is 5.97 Å². The summed E-state index contributed by atoms with van der Waals surface area (Å²) in [6, 6.07) is 0. The average molecular weight is 467 g/mol. The largest absolute Gasteiger partial charge is 0.481 e. The number of carboxylic acids is 1. The Hall–Kier alpha value is -0.690. The Kier molecular flexibility index (Phi) is 6.98. The van der Waals surface area contributed by atoms with E-state index in [9.17, 15) is 30.3 Å². The SMILES string of the molecule is CC[C@H]1[C@@H](O)[C@H]2C3CC[C@H]([C@H](C)C[C@H](CO)C(=O)O)[C@@]3(C)[C@@H](O)CC2[C@@]2(C)CC[C@@H](O)C[C@@H]12. The van der Waals surface area contributed by atoms with Crippen molar-refractivity contribution in [2.45, 2.75) is 97.4 Å². The Morgan fingerprint density at radius 1 is 1.03 bits per heavy atom. The van der Waals surface area contributed by atoms with Crippen LogP contribution in [-0.2, 0) is 4.79 Å². The molecule has 0 radical (unpaired) electrons. The maximum Gasteiger partial charge on any atom is 0.308 e. The van der Waals surface area contributed by atoms with Gasteiger partial charge in [-0.2, -0.15) is 0 Å². The van der Waals surface area contributed by atoms with Crippen LogP contribution >= 0.6 is 0 Å². The second-order valence-corrected chi connectivity index (χ2v) is 12.6. The predicted molar refractivity (Wildman–Crippen MR) is 125 cm³/mol. The topological polar surface area (TPSA) is 118 Å². The molecule has 0 saturated heterocycles. The molecule has 4 aliphatic rings. The van der Waals surface area contributed by atoms with E-state index < -0.39 is 24.1 Å². The first-order valence-corrected chi connectivity index (χ1v) is 13.4. The predicted octanol–water partition coefficient (Wildman–Crippen LogP) is 3.30. The van der Waals surface area contributed by atoms with Crippen molar-refractivity contribution in [2.24, 2.45) is 58.2 Å². The van der Waals surface area contributed by atoms with Gasteiger partial charge in [-0.3, -0.25) is 4.79 Å². The molecule has 0 spiro atoms. The number of aliphatic hydroxyl groups is 4. The molecule has 0 aromatic rings. The van der Waals surface area contributed by atoms with Gasteiger partial charge >= 0.3 is 5.97 Å². The molecule has 13 atom stereocenters. The van der Waals surface area contributed by atoms with Crippen molar-refractivity contribution in [3.05, 3.63) is 0 Å². The van der Waals surface area contributed by atoms with Crippen LogP contribution in [0.3, 0.4) is 0 Å². The summed E-state index contributed by atoms with van der Waals surface area (Å²) < 4.78 is 0. The van der Waals surface area contributed by atoms with Crippen LogP contribution in [0.5, 0.6) is 0 Å². The first-order chi connectivity index (χ1) is 15.5. The number of rotatable bonds is 6. The summed E-state index contributed by atoms with van der Waals surface area (Å²) >= 11 is 0. The molecule has 4 aliphatic carbocycles. The second-order valence-electron chi connectivity index (χ2n) is 12.6. The Bertz CT molecular complexity index is 727. The summed E-state index contributed by atoms with van der Waals surface area (Å²) in [5.41, 5.74) is -0.323. The molecule has 0 aromatic heterocycles. The van der Waals surface area contributed by atoms with Gasteiger partial charge in [-0.1, -0.05) is 34.1 Å². The molecule has 0 aromatic carbocycles. The first kappa shape index (κ1) is 25.4. The number of carbonyl (C=O) groups is 1. The Balaban J connectivity index is 1.65. The van der Waals surface area contributed by atoms with Crippen LogP contribution in [0.1, 0.15) is 79.1 Å². The molecule has 4 saturated carbocycles. The molecule has 5 N–H and O–H groups in total. The monoisotopic (exact) mass is 466 g/mol. The standard InChI is InChI=1S/C27H46O6/c1-5-17-20-11-16(29)8-9-26(20,3)21-12-22(30)27(4)18(6-7-19(27)23(21)24(17)31)14(2)10-15(13-28)25(32)33/h14-24,28-31H,5-13H2,1-4H3,(H,32,33)/t14-,15-,16-,17-,18-,19?,20+,21?,22+,23+,24-,26+,27-/m1/s1. The zero-order valence-electron chi connectivity index (χ0n) is 20.9. The summed E-state index contributed by atoms with van der Waals surface area (Å²) in [7, 11) is 0. The lowest BCUT2D eigenvalue weighted by atomic mass is 9.41. The van der Waals surface area contributed by atoms with Gasteiger partial charge in [-0.25, -0.2) is 0 Å². The van der Waals surface area contributed by atoms with Crippen molar-refractivity contribution in [1.29, 1.82) is 0 Å². The minimum Gasteiger partial charge on any atom is -0.481 e. The lowest BCUT2D eigenvalue weighted by Crippen LogP contribution is -2.65. The Morgan fingerprint density at radius 2 is 1.73 bits per heavy atom. The van der Waals surface area contributed by atoms with E-state index in [4.69, 9.17) is 0 Å². The van der Waals surface area contributed by atoms with Crippen molar-refractivity contribution in [3.63, 3.8) is 0 Å². The number of aliphatic carboxylic acids is 1. The van der Waals surface area contributed by atoms with Crippen molar-refractivity contribution < 1.29 is 30.3 Å². The van der Waals surface area contributed by atoms with Gasteiger partial charge in [-0.15, -0.1) is 0 Å². The molecule has 33 heavy (non-hydrogen) atoms. The third-order valence-electron chi connectivity index (χ3n) is 11.5. The fourth-order valence-electron chi connectivity index (χ4n) is 9.76. The second kappa shape index (κ2) is 9.07. The molecule has 4 rings (SSSR count). The smallest absolute Gasteiger partial charge is 0.308 e. The normalized spacial score (nSPS) is 51.2. The summed E-state index contributed by atoms with van der Waals surface area (Å²) in [5, 5.41) is 52.9. The molecule has 190 valence electrons. The highest BCUT2D eigenvalue weighted by Crippen LogP contribution is 2.69. The van der Waals surface area contributed by atoms with Crippen LogP contribution in [0.15, 0.2) is 0 Å². The minimum atomic E-state index is -0.958. The van der Waals surface area contributed by atoms with Gasteiger partial charge in [0.2, 0.25) is 0 Å². The van der Waals surface area contributed by atoms with E-state index >= 15 is 0 Å². The fourth-order valence-corrected chi connectivity index (χ4v) is 9.76. The summed E-state index contributed by atoms with van der Waals surface area (Å²) in [4.78, 5) is 11.5. The third-order valence-corrected chi connectivity index (χ3v) is 11.5. The molecule has 0 bridgehead atoms. The van der Waals surface area contributed by atoms with Gasteiger partial charge in [0.1, 0.15) is 0 Å². The highest BCUT2D eigenvalue weighted by molar-refractivity contribution is 5.70. The Labute approximate surface area is 198 Å². The number of fused-ring (bicyclic) bond motifs is 5. The van der Waals surface area contributed by atoms with E-state index in [2.05, 4.69) is 27.7 Å². The molecule has 2 unspecified atom stereocenters. The fraction of sp³-hybridized carbons (Fsp3) is 0.963. The van der Waals surface area contributed by atoms with Gasteiger partial charge < -0.3 is 25.5 Å². The number of carboxylic acid groups (broad SMARTS) is 1. The van der Waals surface area contributed by atoms with Gasteiger partial charge in [0.15, 0.2) is 0 Å². The van der Waals surface area contributed by atoms with Gasteiger partial charge in [-0.05, 0) is 97.2 Å². The summed E-state index contributed by atoms with van der Waals surface area (Å²) in [6.07, 6.45) is 5.21. The van der Waals surface area contributed by atoms with E-state index in [1.54, 1.807) is 0 Å². The van der Waals surface area contributed by atoms with Crippen LogP contribution in [-0.4, -0.2) is 56.4 Å². The van der Waals surface area contributed by atoms with E-state index in [1.807, 2.05) is 0 Å². The van der Waals surface area contributed by atoms with Crippen LogP contribution in [0.4, 0.5) is 0 Å². The quantitative estimate of drug-likeness (QED) is 0.410. The highest BCUT2D eigenvalue weighted by atomic mass is 16.4. The van der Waals surface area contributed by atoms with E-state index in [-0.39, 0.29) is 65.0 Å². The highest BCUT2D eigenvalue weighted by Gasteiger charge is 2.67. The van der Waals surface area contributed by atoms with Crippen LogP contribution in [0.2, 0.25) is 0 Å². The Morgan fingerprint density at radius 3 is 2.33 bits per heavy atom. The molecule has 4 fully saturated rings. The van der Waals surface area contributed by atoms with Crippen LogP contribution < -0.4 is 0 Å². The minimum absolute atomic E-state index is 0.0289. The lowest BCUT2D eigenvalue weighted by molar-refractivity contribution is -0.228. The van der Waals surface area contributed by atoms with Gasteiger partial charge in [0.25, 0.3) is 0 Å². The first-order valence-electron chi connectivity index (χ1n) is 13.4. The van der Waals surface area contributed by atoms with E-state index in [0.29, 0.717) is 12.8 Å². The molecule has 0 amide bonds. The summed E-state index contributed by atoms with van der Waals surface area (Å²) in [6.45, 7) is 8.43. The van der Waals surface area contributed by atoms with Crippen LogP contribution in [0, 0.1) is 58.2 Å². The molecular weight excluding hydrogens is 420 g/mol. The number of hydrogen-bond donors (Lipinski definition) is 5. The number of aliphatic hydroxyl groups excluding tert-OH is 4. The van der Waals surface area contributed by atoms with E-state index in [1.165, 1.54) is 0 Å². The zero-order valence-corrected chi connectivity index (χ0v) is 20.9. The molecular formula is C27H46O6. The maximum atomic E-state index is 11.8. The number of hydrogen-bond acceptors (Lipinski definition) is 5. The zero-order chi connectivity index (χ0) is 24.3. The van der Waals surface area contributed by atoms with Gasteiger partial charge in [0.05, 0.1) is 30.8 Å². The van der Waals surface area contributed by atoms with Crippen LogP contribution in [0.25, 0.3) is 0 Å². The maximum absolute atomic E-state index is 11.8. The molecule has 0 aliphatic heterocycles. The molecule has 6 nitrogen and oxygen atoms in total. The van der Waals surface area contributed by atoms with Crippen molar-refractivity contribution in [3.8, 4) is 0 Å². The summed E-state index contributed by atoms with van der Waals surface area (Å²) in [5.74, 6) is -0.402. The molecule has 0 heterocycles. The third kappa shape index (κ3) is 3.78. The van der Waals surface area contributed by atoms with E-state index in [0.717, 1.165) is 38.5 Å². The van der Waals surface area contributed by atoms with Gasteiger partial charge in [0, 0.05) is 0 Å². The molecule has 6 heteroatoms. The van der Waals surface area contributed by atoms with Crippen molar-refractivity contribution in [2.75, 3.05) is 6.61 Å². The lowest BCUT2D eigenvalue weighted by Gasteiger charge is -2.65. The average Bonchev–Trinajstić information content (AvgIpc) is 3.12.